The Morgan fingerprint density at radius 1 is 1.28 bits per heavy atom. The van der Waals surface area contributed by atoms with Crippen molar-refractivity contribution in [3.05, 3.63) is 35.1 Å². The highest BCUT2D eigenvalue weighted by Crippen LogP contribution is 2.40. The molecule has 0 radical (unpaired) electrons. The lowest BCUT2D eigenvalue weighted by atomic mass is 9.85. The molecule has 2 aliphatic carbocycles. The van der Waals surface area contributed by atoms with Gasteiger partial charge in [-0.25, -0.2) is 4.39 Å². The summed E-state index contributed by atoms with van der Waals surface area (Å²) in [6.45, 7) is 0. The van der Waals surface area contributed by atoms with E-state index in [2.05, 4.69) is 0 Å². The molecule has 0 aliphatic heterocycles. The minimum atomic E-state index is -0.189. The van der Waals surface area contributed by atoms with E-state index in [1.165, 1.54) is 37.7 Å². The first-order valence-electron chi connectivity index (χ1n) is 7.25. The summed E-state index contributed by atoms with van der Waals surface area (Å²) >= 11 is 0. The summed E-state index contributed by atoms with van der Waals surface area (Å²) in [5.74, 6) is 0.753. The molecule has 1 aromatic rings. The van der Waals surface area contributed by atoms with Crippen LogP contribution in [0, 0.1) is 11.7 Å². The maximum absolute atomic E-state index is 13.2. The first kappa shape index (κ1) is 12.2. The standard InChI is InChI=1S/C16H22FN/c17-14-5-6-15-13(11-14)8-10-16(15,18)9-7-12-3-1-2-4-12/h5-6,11-12H,1-4,7-10,18H2. The maximum Gasteiger partial charge on any atom is 0.123 e. The van der Waals surface area contributed by atoms with Crippen molar-refractivity contribution in [2.75, 3.05) is 0 Å². The smallest absolute Gasteiger partial charge is 0.123 e. The Morgan fingerprint density at radius 2 is 2.06 bits per heavy atom. The van der Waals surface area contributed by atoms with Crippen LogP contribution in [0.25, 0.3) is 0 Å². The molecule has 1 atom stereocenters. The van der Waals surface area contributed by atoms with Gasteiger partial charge in [-0.3, -0.25) is 0 Å². The third-order valence-electron chi connectivity index (χ3n) is 4.92. The summed E-state index contributed by atoms with van der Waals surface area (Å²) in [6, 6.07) is 5.13. The van der Waals surface area contributed by atoms with Crippen LogP contribution in [0.1, 0.15) is 56.1 Å². The van der Waals surface area contributed by atoms with E-state index in [0.29, 0.717) is 0 Å². The summed E-state index contributed by atoms with van der Waals surface area (Å²) in [7, 11) is 0. The van der Waals surface area contributed by atoms with Crippen LogP contribution in [0.5, 0.6) is 0 Å². The Bertz CT molecular complexity index is 437. The van der Waals surface area contributed by atoms with Crippen LogP contribution in [0.3, 0.4) is 0 Å². The third kappa shape index (κ3) is 2.18. The maximum atomic E-state index is 13.2. The molecule has 2 heteroatoms. The number of halogens is 1. The van der Waals surface area contributed by atoms with Gasteiger partial charge in [0.25, 0.3) is 0 Å². The van der Waals surface area contributed by atoms with Crippen molar-refractivity contribution >= 4 is 0 Å². The zero-order valence-electron chi connectivity index (χ0n) is 10.9. The summed E-state index contributed by atoms with van der Waals surface area (Å²) < 4.78 is 13.2. The lowest BCUT2D eigenvalue weighted by Gasteiger charge is -2.27. The van der Waals surface area contributed by atoms with Gasteiger partial charge in [-0.2, -0.15) is 0 Å². The van der Waals surface area contributed by atoms with Gasteiger partial charge in [0.05, 0.1) is 0 Å². The van der Waals surface area contributed by atoms with Gasteiger partial charge in [0.2, 0.25) is 0 Å². The summed E-state index contributed by atoms with van der Waals surface area (Å²) in [5, 5.41) is 0. The number of benzene rings is 1. The Hall–Kier alpha value is -0.890. The third-order valence-corrected chi connectivity index (χ3v) is 4.92. The molecule has 0 heterocycles. The first-order valence-corrected chi connectivity index (χ1v) is 7.25. The highest BCUT2D eigenvalue weighted by molar-refractivity contribution is 5.38. The molecule has 0 aromatic heterocycles. The van der Waals surface area contributed by atoms with Crippen molar-refractivity contribution < 1.29 is 4.39 Å². The fourth-order valence-corrected chi connectivity index (χ4v) is 3.77. The summed E-state index contributed by atoms with van der Waals surface area (Å²) in [4.78, 5) is 0. The highest BCUT2D eigenvalue weighted by Gasteiger charge is 2.35. The molecule has 0 amide bonds. The van der Waals surface area contributed by atoms with Gasteiger partial charge in [-0.1, -0.05) is 31.7 Å². The number of fused-ring (bicyclic) bond motifs is 1. The fourth-order valence-electron chi connectivity index (χ4n) is 3.77. The summed E-state index contributed by atoms with van der Waals surface area (Å²) in [6.07, 6.45) is 9.78. The molecule has 0 saturated heterocycles. The fraction of sp³-hybridized carbons (Fsp3) is 0.625. The van der Waals surface area contributed by atoms with Crippen molar-refractivity contribution in [1.82, 2.24) is 0 Å². The van der Waals surface area contributed by atoms with E-state index in [4.69, 9.17) is 5.73 Å². The van der Waals surface area contributed by atoms with E-state index >= 15 is 0 Å². The molecule has 2 aliphatic rings. The molecule has 2 N–H and O–H groups in total. The van der Waals surface area contributed by atoms with Gasteiger partial charge in [0.15, 0.2) is 0 Å². The average molecular weight is 247 g/mol. The number of hydrogen-bond donors (Lipinski definition) is 1. The first-order chi connectivity index (χ1) is 8.67. The predicted octanol–water partition coefficient (Wildman–Crippen LogP) is 3.90. The molecule has 18 heavy (non-hydrogen) atoms. The molecule has 1 nitrogen and oxygen atoms in total. The van der Waals surface area contributed by atoms with Crippen LogP contribution >= 0.6 is 0 Å². The lowest BCUT2D eigenvalue weighted by molar-refractivity contribution is 0.347. The number of hydrogen-bond acceptors (Lipinski definition) is 1. The number of nitrogens with two attached hydrogens (primary N) is 1. The second-order valence-electron chi connectivity index (χ2n) is 6.15. The summed E-state index contributed by atoms with van der Waals surface area (Å²) in [5.41, 5.74) is 8.71. The van der Waals surface area contributed by atoms with Crippen LogP contribution in [0.15, 0.2) is 18.2 Å². The predicted molar refractivity (Wildman–Crippen MR) is 71.8 cm³/mol. The lowest BCUT2D eigenvalue weighted by Crippen LogP contribution is -2.34. The molecule has 1 aromatic carbocycles. The average Bonchev–Trinajstić information content (AvgIpc) is 2.96. The molecular formula is C16H22FN. The Morgan fingerprint density at radius 3 is 2.83 bits per heavy atom. The Kier molecular flexibility index (Phi) is 3.14. The van der Waals surface area contributed by atoms with Gasteiger partial charge in [0.1, 0.15) is 5.82 Å². The normalized spacial score (nSPS) is 27.7. The van der Waals surface area contributed by atoms with E-state index < -0.39 is 0 Å². The van der Waals surface area contributed by atoms with E-state index in [9.17, 15) is 4.39 Å². The number of aryl methyl sites for hydroxylation is 1. The van der Waals surface area contributed by atoms with Gasteiger partial charge in [0, 0.05) is 5.54 Å². The van der Waals surface area contributed by atoms with E-state index in [1.807, 2.05) is 6.07 Å². The monoisotopic (exact) mass is 247 g/mol. The Labute approximate surface area is 109 Å². The Balaban J connectivity index is 1.72. The minimum absolute atomic E-state index is 0.131. The zero-order chi connectivity index (χ0) is 12.6. The molecule has 1 fully saturated rings. The molecule has 1 unspecified atom stereocenters. The van der Waals surface area contributed by atoms with E-state index in [1.54, 1.807) is 12.1 Å². The van der Waals surface area contributed by atoms with Gasteiger partial charge < -0.3 is 5.73 Å². The second-order valence-corrected chi connectivity index (χ2v) is 6.15. The molecule has 1 saturated carbocycles. The number of rotatable bonds is 3. The van der Waals surface area contributed by atoms with Crippen LogP contribution in [-0.4, -0.2) is 0 Å². The van der Waals surface area contributed by atoms with Crippen molar-refractivity contribution in [3.63, 3.8) is 0 Å². The molecule has 0 spiro atoms. The topological polar surface area (TPSA) is 26.0 Å². The van der Waals surface area contributed by atoms with Crippen molar-refractivity contribution in [2.45, 2.75) is 56.9 Å². The SMILES string of the molecule is NC1(CCC2CCCC2)CCc2cc(F)ccc21. The van der Waals surface area contributed by atoms with Crippen LogP contribution in [-0.2, 0) is 12.0 Å². The van der Waals surface area contributed by atoms with Crippen LogP contribution in [0.2, 0.25) is 0 Å². The zero-order valence-corrected chi connectivity index (χ0v) is 10.9. The molecule has 3 rings (SSSR count). The van der Waals surface area contributed by atoms with Crippen LogP contribution < -0.4 is 5.73 Å². The van der Waals surface area contributed by atoms with Crippen molar-refractivity contribution in [1.29, 1.82) is 0 Å². The van der Waals surface area contributed by atoms with Crippen molar-refractivity contribution in [2.24, 2.45) is 11.7 Å². The van der Waals surface area contributed by atoms with Crippen LogP contribution in [0.4, 0.5) is 4.39 Å². The van der Waals surface area contributed by atoms with E-state index in [-0.39, 0.29) is 11.4 Å². The molecule has 98 valence electrons. The largest absolute Gasteiger partial charge is 0.321 e. The molecule has 0 bridgehead atoms. The minimum Gasteiger partial charge on any atom is -0.321 e. The van der Waals surface area contributed by atoms with E-state index in [0.717, 1.165) is 30.7 Å². The highest BCUT2D eigenvalue weighted by atomic mass is 19.1. The quantitative estimate of drug-likeness (QED) is 0.861. The van der Waals surface area contributed by atoms with Gasteiger partial charge in [-0.05, 0) is 54.9 Å². The van der Waals surface area contributed by atoms with Gasteiger partial charge >= 0.3 is 0 Å². The second kappa shape index (κ2) is 4.65. The van der Waals surface area contributed by atoms with Gasteiger partial charge in [-0.15, -0.1) is 0 Å². The van der Waals surface area contributed by atoms with Crippen molar-refractivity contribution in [3.8, 4) is 0 Å². The molecular weight excluding hydrogens is 225 g/mol.